The molecule has 1 aromatic carbocycles. The standard InChI is InChI=1S/C11H6BrClF3NOS/c12-5-1-2-7(13)6(3-5)9(18)8-4-17-10(19-8)11(14,15)16/h1-4,9,18H. The summed E-state index contributed by atoms with van der Waals surface area (Å²) in [4.78, 5) is 3.35. The maximum absolute atomic E-state index is 12.4. The third-order valence-corrected chi connectivity index (χ3v) is 4.22. The highest BCUT2D eigenvalue weighted by atomic mass is 79.9. The molecule has 0 aliphatic carbocycles. The number of rotatable bonds is 2. The Morgan fingerprint density at radius 3 is 2.63 bits per heavy atom. The number of hydrogen-bond acceptors (Lipinski definition) is 3. The lowest BCUT2D eigenvalue weighted by Crippen LogP contribution is -2.03. The highest BCUT2D eigenvalue weighted by Gasteiger charge is 2.35. The predicted molar refractivity (Wildman–Crippen MR) is 70.3 cm³/mol. The number of hydrogen-bond donors (Lipinski definition) is 1. The smallest absolute Gasteiger partial charge is 0.383 e. The summed E-state index contributed by atoms with van der Waals surface area (Å²) in [5, 5.41) is 9.36. The minimum atomic E-state index is -4.51. The van der Waals surface area contributed by atoms with Gasteiger partial charge in [0.1, 0.15) is 6.10 Å². The molecular weight excluding hydrogens is 367 g/mol. The van der Waals surface area contributed by atoms with Gasteiger partial charge in [-0.25, -0.2) is 4.98 Å². The molecule has 0 saturated carbocycles. The zero-order chi connectivity index (χ0) is 14.2. The molecule has 0 spiro atoms. The van der Waals surface area contributed by atoms with Crippen molar-refractivity contribution in [3.05, 3.63) is 49.3 Å². The molecule has 2 rings (SSSR count). The van der Waals surface area contributed by atoms with Gasteiger partial charge in [-0.3, -0.25) is 0 Å². The van der Waals surface area contributed by atoms with Gasteiger partial charge < -0.3 is 5.11 Å². The molecule has 0 saturated heterocycles. The van der Waals surface area contributed by atoms with Gasteiger partial charge in [0.25, 0.3) is 0 Å². The van der Waals surface area contributed by atoms with Crippen molar-refractivity contribution in [2.24, 2.45) is 0 Å². The summed E-state index contributed by atoms with van der Waals surface area (Å²) in [5.41, 5.74) is 0.327. The molecular formula is C11H6BrClF3NOS. The topological polar surface area (TPSA) is 33.1 Å². The Kier molecular flexibility index (Phi) is 4.20. The fraction of sp³-hybridized carbons (Fsp3) is 0.182. The van der Waals surface area contributed by atoms with Crippen LogP contribution in [0.15, 0.2) is 28.9 Å². The quantitative estimate of drug-likeness (QED) is 0.832. The lowest BCUT2D eigenvalue weighted by atomic mass is 10.1. The second-order valence-corrected chi connectivity index (χ2v) is 6.02. The molecule has 8 heteroatoms. The molecule has 19 heavy (non-hydrogen) atoms. The van der Waals surface area contributed by atoms with Crippen LogP contribution in [0.3, 0.4) is 0 Å². The van der Waals surface area contributed by atoms with Crippen LogP contribution in [-0.2, 0) is 6.18 Å². The lowest BCUT2D eigenvalue weighted by Gasteiger charge is -2.11. The zero-order valence-electron chi connectivity index (χ0n) is 9.08. The number of aliphatic hydroxyl groups excluding tert-OH is 1. The molecule has 1 aromatic heterocycles. The number of benzene rings is 1. The lowest BCUT2D eigenvalue weighted by molar-refractivity contribution is -0.137. The Hall–Kier alpha value is -0.630. The van der Waals surface area contributed by atoms with Crippen molar-refractivity contribution in [2.75, 3.05) is 0 Å². The van der Waals surface area contributed by atoms with Crippen molar-refractivity contribution in [2.45, 2.75) is 12.3 Å². The van der Waals surface area contributed by atoms with Gasteiger partial charge in [-0.1, -0.05) is 27.5 Å². The van der Waals surface area contributed by atoms with E-state index in [1.807, 2.05) is 0 Å². The summed E-state index contributed by atoms with van der Waals surface area (Å²) < 4.78 is 38.0. The minimum absolute atomic E-state index is 0.0901. The Bertz CT molecular complexity index is 602. The van der Waals surface area contributed by atoms with Crippen LogP contribution in [0.25, 0.3) is 0 Å². The van der Waals surface area contributed by atoms with Gasteiger partial charge in [-0.2, -0.15) is 13.2 Å². The first-order chi connectivity index (χ1) is 8.79. The maximum atomic E-state index is 12.4. The van der Waals surface area contributed by atoms with E-state index in [1.165, 1.54) is 0 Å². The van der Waals surface area contributed by atoms with Crippen LogP contribution < -0.4 is 0 Å². The van der Waals surface area contributed by atoms with Gasteiger partial charge in [0.15, 0.2) is 5.01 Å². The number of nitrogens with zero attached hydrogens (tertiary/aromatic N) is 1. The van der Waals surface area contributed by atoms with Gasteiger partial charge in [0.05, 0.1) is 4.88 Å². The molecule has 0 fully saturated rings. The Morgan fingerprint density at radius 1 is 1.37 bits per heavy atom. The summed E-state index contributed by atoms with van der Waals surface area (Å²) in [6, 6.07) is 4.78. The summed E-state index contributed by atoms with van der Waals surface area (Å²) in [6.45, 7) is 0. The first-order valence-electron chi connectivity index (χ1n) is 4.95. The number of alkyl halides is 3. The third kappa shape index (κ3) is 3.28. The molecule has 0 aliphatic heterocycles. The van der Waals surface area contributed by atoms with E-state index in [0.717, 1.165) is 6.20 Å². The highest BCUT2D eigenvalue weighted by Crippen LogP contribution is 2.37. The molecule has 1 atom stereocenters. The summed E-state index contributed by atoms with van der Waals surface area (Å²) >= 11 is 9.53. The van der Waals surface area contributed by atoms with Crippen LogP contribution in [0.4, 0.5) is 13.2 Å². The normalized spacial score (nSPS) is 13.6. The van der Waals surface area contributed by atoms with Gasteiger partial charge in [-0.15, -0.1) is 11.3 Å². The molecule has 1 N–H and O–H groups in total. The number of halogens is 5. The summed E-state index contributed by atoms with van der Waals surface area (Å²) in [7, 11) is 0. The number of thiazole rings is 1. The van der Waals surface area contributed by atoms with Crippen molar-refractivity contribution < 1.29 is 18.3 Å². The molecule has 102 valence electrons. The predicted octanol–water partition coefficient (Wildman–Crippen LogP) is 4.66. The van der Waals surface area contributed by atoms with E-state index < -0.39 is 17.3 Å². The molecule has 1 heterocycles. The Labute approximate surface area is 124 Å². The van der Waals surface area contributed by atoms with Crippen molar-refractivity contribution in [1.82, 2.24) is 4.98 Å². The summed E-state index contributed by atoms with van der Waals surface area (Å²) in [6.07, 6.45) is -4.74. The highest BCUT2D eigenvalue weighted by molar-refractivity contribution is 9.10. The largest absolute Gasteiger partial charge is 0.443 e. The Balaban J connectivity index is 2.36. The zero-order valence-corrected chi connectivity index (χ0v) is 12.2. The van der Waals surface area contributed by atoms with E-state index in [0.29, 0.717) is 21.4 Å². The monoisotopic (exact) mass is 371 g/mol. The van der Waals surface area contributed by atoms with E-state index in [2.05, 4.69) is 20.9 Å². The fourth-order valence-corrected chi connectivity index (χ4v) is 2.81. The van der Waals surface area contributed by atoms with Gasteiger partial charge in [0.2, 0.25) is 0 Å². The maximum Gasteiger partial charge on any atom is 0.443 e. The van der Waals surface area contributed by atoms with Crippen LogP contribution in [0.5, 0.6) is 0 Å². The van der Waals surface area contributed by atoms with Crippen LogP contribution in [-0.4, -0.2) is 10.1 Å². The van der Waals surface area contributed by atoms with E-state index in [9.17, 15) is 18.3 Å². The van der Waals surface area contributed by atoms with E-state index >= 15 is 0 Å². The van der Waals surface area contributed by atoms with Crippen LogP contribution >= 0.6 is 38.9 Å². The van der Waals surface area contributed by atoms with Gasteiger partial charge in [-0.05, 0) is 18.2 Å². The first kappa shape index (κ1) is 14.8. The van der Waals surface area contributed by atoms with Gasteiger partial charge >= 0.3 is 6.18 Å². The molecule has 1 unspecified atom stereocenters. The molecule has 2 aromatic rings. The molecule has 2 nitrogen and oxygen atoms in total. The molecule has 0 aliphatic rings. The SMILES string of the molecule is OC(c1cnc(C(F)(F)F)s1)c1cc(Br)ccc1Cl. The van der Waals surface area contributed by atoms with E-state index in [1.54, 1.807) is 18.2 Å². The second kappa shape index (κ2) is 5.40. The molecule has 0 bridgehead atoms. The third-order valence-electron chi connectivity index (χ3n) is 2.29. The van der Waals surface area contributed by atoms with Crippen molar-refractivity contribution in [3.8, 4) is 0 Å². The molecule has 0 radical (unpaired) electrons. The average Bonchev–Trinajstić information content (AvgIpc) is 2.80. The number of aromatic nitrogens is 1. The first-order valence-corrected chi connectivity index (χ1v) is 6.93. The summed E-state index contributed by atoms with van der Waals surface area (Å²) in [5.74, 6) is 0. The Morgan fingerprint density at radius 2 is 2.05 bits per heavy atom. The van der Waals surface area contributed by atoms with Crippen molar-refractivity contribution in [3.63, 3.8) is 0 Å². The van der Waals surface area contributed by atoms with Crippen LogP contribution in [0.1, 0.15) is 21.6 Å². The number of aliphatic hydroxyl groups is 1. The second-order valence-electron chi connectivity index (χ2n) is 3.63. The van der Waals surface area contributed by atoms with E-state index in [4.69, 9.17) is 11.6 Å². The van der Waals surface area contributed by atoms with Crippen LogP contribution in [0.2, 0.25) is 5.02 Å². The van der Waals surface area contributed by atoms with E-state index in [-0.39, 0.29) is 9.90 Å². The van der Waals surface area contributed by atoms with Gasteiger partial charge in [0, 0.05) is 21.3 Å². The average molecular weight is 373 g/mol. The molecule has 0 amide bonds. The minimum Gasteiger partial charge on any atom is -0.383 e. The van der Waals surface area contributed by atoms with Crippen LogP contribution in [0, 0.1) is 0 Å². The fourth-order valence-electron chi connectivity index (χ4n) is 1.42. The van der Waals surface area contributed by atoms with Crippen molar-refractivity contribution >= 4 is 38.9 Å². The van der Waals surface area contributed by atoms with Crippen molar-refractivity contribution in [1.29, 1.82) is 0 Å².